The van der Waals surface area contributed by atoms with Crippen LogP contribution in [0.5, 0.6) is 5.75 Å². The first-order chi connectivity index (χ1) is 12.2. The van der Waals surface area contributed by atoms with Gasteiger partial charge in [-0.15, -0.1) is 11.3 Å². The van der Waals surface area contributed by atoms with Crippen LogP contribution in [-0.4, -0.2) is 50.0 Å². The van der Waals surface area contributed by atoms with Crippen LogP contribution in [0, 0.1) is 13.8 Å². The predicted molar refractivity (Wildman–Crippen MR) is 109 cm³/mol. The lowest BCUT2D eigenvalue weighted by Gasteiger charge is -2.26. The molecule has 4 nitrogen and oxygen atoms in total. The summed E-state index contributed by atoms with van der Waals surface area (Å²) < 4.78 is 8.58. The number of aliphatic hydroxyl groups excluding tert-OH is 1. The molecule has 1 heterocycles. The third kappa shape index (κ3) is 4.61. The van der Waals surface area contributed by atoms with E-state index in [-0.39, 0.29) is 24.4 Å². The molecule has 1 aromatic heterocycles. The Hall–Kier alpha value is -1.66. The molecule has 0 aliphatic carbocycles. The molecule has 1 N–H and O–H groups in total. The molecule has 6 heteroatoms. The van der Waals surface area contributed by atoms with Crippen molar-refractivity contribution in [2.45, 2.75) is 20.0 Å². The average molecular weight is 408 g/mol. The number of aliphatic hydroxyl groups is 1. The van der Waals surface area contributed by atoms with Crippen LogP contribution in [0.3, 0.4) is 0 Å². The molecule has 3 aromatic rings. The van der Waals surface area contributed by atoms with Crippen molar-refractivity contribution in [3.63, 3.8) is 0 Å². The number of aryl methyl sites for hydroxylation is 1. The van der Waals surface area contributed by atoms with Crippen molar-refractivity contribution in [2.24, 2.45) is 0 Å². The van der Waals surface area contributed by atoms with Gasteiger partial charge in [0, 0.05) is 20.2 Å². The molecule has 0 spiro atoms. The maximum atomic E-state index is 12.9. The highest BCUT2D eigenvalue weighted by Gasteiger charge is 2.18. The molecule has 27 heavy (non-hydrogen) atoms. The van der Waals surface area contributed by atoms with E-state index in [0.717, 1.165) is 25.9 Å². The summed E-state index contributed by atoms with van der Waals surface area (Å²) in [6.45, 7) is 4.85. The van der Waals surface area contributed by atoms with Gasteiger partial charge < -0.3 is 26.7 Å². The molecule has 0 amide bonds. The van der Waals surface area contributed by atoms with Gasteiger partial charge in [-0.05, 0) is 43.2 Å². The highest BCUT2D eigenvalue weighted by atomic mass is 35.5. The lowest BCUT2D eigenvalue weighted by Crippen LogP contribution is -3.00. The Bertz CT molecular complexity index is 1020. The van der Waals surface area contributed by atoms with Gasteiger partial charge in [-0.2, -0.15) is 0 Å². The van der Waals surface area contributed by atoms with Crippen LogP contribution in [0.2, 0.25) is 0 Å². The van der Waals surface area contributed by atoms with E-state index in [1.54, 1.807) is 11.3 Å². The summed E-state index contributed by atoms with van der Waals surface area (Å²) in [5.74, 6) is 0.676. The molecule has 2 aromatic carbocycles. The summed E-state index contributed by atoms with van der Waals surface area (Å²) in [4.78, 5) is 12.9. The standard InChI is InChI=1S/C21H26NO3S.ClH/c1-13-14(2)21-17(20(24)16-8-6-7-9-19(16)26-21)10-18(13)25-12-15(23)11-22(3,4)5;/h6-10,15,23H,11-12H2,1-5H3;1H/q+1;/p-1. The van der Waals surface area contributed by atoms with Crippen LogP contribution in [0.1, 0.15) is 11.1 Å². The van der Waals surface area contributed by atoms with Crippen molar-refractivity contribution >= 4 is 31.5 Å². The van der Waals surface area contributed by atoms with Crippen molar-refractivity contribution in [3.05, 3.63) is 51.7 Å². The van der Waals surface area contributed by atoms with Crippen LogP contribution < -0.4 is 22.6 Å². The van der Waals surface area contributed by atoms with Gasteiger partial charge in [0.1, 0.15) is 25.0 Å². The second-order valence-electron chi connectivity index (χ2n) is 7.87. The van der Waals surface area contributed by atoms with Crippen LogP contribution in [0.15, 0.2) is 35.1 Å². The second-order valence-corrected chi connectivity index (χ2v) is 8.92. The van der Waals surface area contributed by atoms with E-state index in [1.165, 1.54) is 0 Å². The number of benzene rings is 2. The van der Waals surface area contributed by atoms with Gasteiger partial charge in [0.2, 0.25) is 0 Å². The zero-order chi connectivity index (χ0) is 19.1. The minimum absolute atomic E-state index is 0. The molecule has 0 saturated carbocycles. The Morgan fingerprint density at radius 3 is 2.44 bits per heavy atom. The Morgan fingerprint density at radius 2 is 1.78 bits per heavy atom. The first-order valence-electron chi connectivity index (χ1n) is 8.74. The predicted octanol–water partition coefficient (Wildman–Crippen LogP) is 0.481. The number of hydrogen-bond donors (Lipinski definition) is 1. The molecule has 1 atom stereocenters. The largest absolute Gasteiger partial charge is 1.00 e. The number of fused-ring (bicyclic) bond motifs is 2. The molecule has 0 aliphatic rings. The van der Waals surface area contributed by atoms with Crippen molar-refractivity contribution in [1.29, 1.82) is 0 Å². The first-order valence-corrected chi connectivity index (χ1v) is 9.56. The Labute approximate surface area is 170 Å². The third-order valence-corrected chi connectivity index (χ3v) is 5.88. The highest BCUT2D eigenvalue weighted by molar-refractivity contribution is 7.24. The summed E-state index contributed by atoms with van der Waals surface area (Å²) in [5, 5.41) is 11.6. The van der Waals surface area contributed by atoms with Crippen LogP contribution in [0.4, 0.5) is 0 Å². The fraction of sp³-hybridized carbons (Fsp3) is 0.381. The number of hydrogen-bond acceptors (Lipinski definition) is 4. The number of halogens is 1. The van der Waals surface area contributed by atoms with E-state index in [4.69, 9.17) is 4.74 Å². The fourth-order valence-electron chi connectivity index (χ4n) is 3.18. The molecule has 0 bridgehead atoms. The molecule has 0 saturated heterocycles. The highest BCUT2D eigenvalue weighted by Crippen LogP contribution is 2.33. The van der Waals surface area contributed by atoms with Crippen molar-refractivity contribution in [2.75, 3.05) is 34.3 Å². The number of rotatable bonds is 5. The summed E-state index contributed by atoms with van der Waals surface area (Å²) in [6.07, 6.45) is -0.559. The average Bonchev–Trinajstić information content (AvgIpc) is 2.56. The van der Waals surface area contributed by atoms with E-state index < -0.39 is 6.10 Å². The van der Waals surface area contributed by atoms with Crippen LogP contribution in [0.25, 0.3) is 20.2 Å². The van der Waals surface area contributed by atoms with E-state index >= 15 is 0 Å². The lowest BCUT2D eigenvalue weighted by atomic mass is 10.1. The molecule has 3 rings (SSSR count). The van der Waals surface area contributed by atoms with Gasteiger partial charge in [0.25, 0.3) is 0 Å². The van der Waals surface area contributed by atoms with E-state index in [2.05, 4.69) is 0 Å². The molecular formula is C21H26ClNO3S. The van der Waals surface area contributed by atoms with Gasteiger partial charge in [-0.1, -0.05) is 12.1 Å². The summed E-state index contributed by atoms with van der Waals surface area (Å²) in [7, 11) is 6.10. The van der Waals surface area contributed by atoms with E-state index in [9.17, 15) is 9.90 Å². The van der Waals surface area contributed by atoms with Crippen molar-refractivity contribution < 1.29 is 26.7 Å². The normalized spacial score (nSPS) is 12.8. The van der Waals surface area contributed by atoms with Crippen molar-refractivity contribution in [1.82, 2.24) is 0 Å². The smallest absolute Gasteiger partial charge is 0.196 e. The van der Waals surface area contributed by atoms with Crippen LogP contribution >= 0.6 is 11.3 Å². The molecule has 0 aliphatic heterocycles. The van der Waals surface area contributed by atoms with Gasteiger partial charge in [-0.25, -0.2) is 0 Å². The third-order valence-electron chi connectivity index (χ3n) is 4.57. The molecule has 146 valence electrons. The lowest BCUT2D eigenvalue weighted by molar-refractivity contribution is -0.873. The summed E-state index contributed by atoms with van der Waals surface area (Å²) in [5.41, 5.74) is 2.11. The Morgan fingerprint density at radius 1 is 1.11 bits per heavy atom. The van der Waals surface area contributed by atoms with Crippen LogP contribution in [-0.2, 0) is 0 Å². The molecule has 1 unspecified atom stereocenters. The maximum absolute atomic E-state index is 12.9. The number of quaternary nitrogens is 1. The zero-order valence-electron chi connectivity index (χ0n) is 16.4. The minimum Gasteiger partial charge on any atom is -1.00 e. The van der Waals surface area contributed by atoms with Gasteiger partial charge >= 0.3 is 0 Å². The molecule has 0 fully saturated rings. The quantitative estimate of drug-likeness (QED) is 0.494. The van der Waals surface area contributed by atoms with Crippen molar-refractivity contribution in [3.8, 4) is 5.75 Å². The number of likely N-dealkylation sites (N-methyl/N-ethyl adjacent to an activating group) is 1. The van der Waals surface area contributed by atoms with Gasteiger partial charge in [-0.3, -0.25) is 4.79 Å². The molecule has 0 radical (unpaired) electrons. The number of nitrogens with zero attached hydrogens (tertiary/aromatic N) is 1. The molecular weight excluding hydrogens is 382 g/mol. The first kappa shape index (κ1) is 21.6. The fourth-order valence-corrected chi connectivity index (χ4v) is 4.39. The Balaban J connectivity index is 0.00000261. The van der Waals surface area contributed by atoms with Gasteiger partial charge in [0.05, 0.1) is 21.1 Å². The Kier molecular flexibility index (Phi) is 6.53. The number of ether oxygens (including phenoxy) is 1. The van der Waals surface area contributed by atoms with E-state index in [0.29, 0.717) is 22.2 Å². The van der Waals surface area contributed by atoms with E-state index in [1.807, 2.05) is 65.3 Å². The maximum Gasteiger partial charge on any atom is 0.196 e. The SMILES string of the molecule is Cc1c(OCC(O)C[N+](C)(C)C)cc2c(=O)c3ccccc3sc2c1C.[Cl-]. The summed E-state index contributed by atoms with van der Waals surface area (Å²) >= 11 is 1.64. The zero-order valence-corrected chi connectivity index (χ0v) is 17.9. The second kappa shape index (κ2) is 8.15. The topological polar surface area (TPSA) is 46.5 Å². The van der Waals surface area contributed by atoms with Gasteiger partial charge in [0.15, 0.2) is 5.43 Å². The minimum atomic E-state index is -0.559. The monoisotopic (exact) mass is 407 g/mol. The summed E-state index contributed by atoms with van der Waals surface area (Å²) in [6, 6.07) is 9.54.